The highest BCUT2D eigenvalue weighted by molar-refractivity contribution is 5.71. The average molecular weight is 197 g/mol. The van der Waals surface area contributed by atoms with E-state index >= 15 is 0 Å². The lowest BCUT2D eigenvalue weighted by Gasteiger charge is -2.45. The Hall–Kier alpha value is -0.770. The quantitative estimate of drug-likeness (QED) is 0.616. The molecule has 0 atom stereocenters. The van der Waals surface area contributed by atoms with E-state index in [1.807, 2.05) is 0 Å². The van der Waals surface area contributed by atoms with Crippen LogP contribution in [-0.2, 0) is 0 Å². The fourth-order valence-electron chi connectivity index (χ4n) is 2.73. The van der Waals surface area contributed by atoms with Crippen molar-refractivity contribution in [3.8, 4) is 0 Å². The summed E-state index contributed by atoms with van der Waals surface area (Å²) >= 11 is 0. The molecule has 4 heteroatoms. The molecule has 0 bridgehead atoms. The number of nitrogens with two attached hydrogens (primary N) is 1. The zero-order valence-corrected chi connectivity index (χ0v) is 8.59. The van der Waals surface area contributed by atoms with E-state index in [9.17, 15) is 4.79 Å². The first-order valence-electron chi connectivity index (χ1n) is 5.57. The molecule has 80 valence electrons. The SMILES string of the molecule is NC(=O)N1CCCC2(CCCCC2)N1. The number of hydrazine groups is 1. The van der Waals surface area contributed by atoms with Gasteiger partial charge in [0.2, 0.25) is 0 Å². The number of nitrogens with one attached hydrogen (secondary N) is 1. The number of primary amides is 1. The van der Waals surface area contributed by atoms with Gasteiger partial charge in [-0.25, -0.2) is 10.2 Å². The molecule has 2 amide bonds. The molecule has 1 saturated carbocycles. The lowest BCUT2D eigenvalue weighted by molar-refractivity contribution is 0.0567. The maximum Gasteiger partial charge on any atom is 0.329 e. The second-order valence-electron chi connectivity index (χ2n) is 4.55. The Morgan fingerprint density at radius 2 is 1.79 bits per heavy atom. The topological polar surface area (TPSA) is 58.4 Å². The van der Waals surface area contributed by atoms with Crippen LogP contribution in [0.3, 0.4) is 0 Å². The summed E-state index contributed by atoms with van der Waals surface area (Å²) in [6.45, 7) is 0.761. The average Bonchev–Trinajstić information content (AvgIpc) is 2.19. The first-order chi connectivity index (χ1) is 6.72. The molecule has 0 unspecified atom stereocenters. The third-order valence-corrected chi connectivity index (χ3v) is 3.49. The molecular weight excluding hydrogens is 178 g/mol. The van der Waals surface area contributed by atoms with Crippen molar-refractivity contribution in [3.05, 3.63) is 0 Å². The number of carbonyl (C=O) groups excluding carboxylic acids is 1. The Morgan fingerprint density at radius 3 is 2.43 bits per heavy atom. The molecule has 0 radical (unpaired) electrons. The van der Waals surface area contributed by atoms with Crippen molar-refractivity contribution in [2.75, 3.05) is 6.54 Å². The number of hydrogen-bond acceptors (Lipinski definition) is 2. The van der Waals surface area contributed by atoms with Crippen LogP contribution >= 0.6 is 0 Å². The molecule has 4 nitrogen and oxygen atoms in total. The van der Waals surface area contributed by atoms with Crippen LogP contribution in [0.25, 0.3) is 0 Å². The predicted octanol–water partition coefficient (Wildman–Crippen LogP) is 1.37. The largest absolute Gasteiger partial charge is 0.350 e. The van der Waals surface area contributed by atoms with E-state index in [4.69, 9.17) is 5.73 Å². The van der Waals surface area contributed by atoms with Gasteiger partial charge in [0.15, 0.2) is 0 Å². The predicted molar refractivity (Wildman–Crippen MR) is 54.5 cm³/mol. The summed E-state index contributed by atoms with van der Waals surface area (Å²) in [5.41, 5.74) is 8.79. The number of amides is 2. The monoisotopic (exact) mass is 197 g/mol. The lowest BCUT2D eigenvalue weighted by atomic mass is 9.78. The van der Waals surface area contributed by atoms with Gasteiger partial charge in [0.1, 0.15) is 0 Å². The highest BCUT2D eigenvalue weighted by Crippen LogP contribution is 2.34. The van der Waals surface area contributed by atoms with Crippen molar-refractivity contribution in [3.63, 3.8) is 0 Å². The minimum Gasteiger partial charge on any atom is -0.350 e. The van der Waals surface area contributed by atoms with E-state index < -0.39 is 0 Å². The van der Waals surface area contributed by atoms with Gasteiger partial charge >= 0.3 is 6.03 Å². The maximum absolute atomic E-state index is 11.1. The molecule has 14 heavy (non-hydrogen) atoms. The van der Waals surface area contributed by atoms with Gasteiger partial charge in [0.25, 0.3) is 0 Å². The number of rotatable bonds is 0. The van der Waals surface area contributed by atoms with Crippen LogP contribution in [0.2, 0.25) is 0 Å². The van der Waals surface area contributed by atoms with Crippen molar-refractivity contribution in [2.45, 2.75) is 50.5 Å². The molecule has 1 spiro atoms. The summed E-state index contributed by atoms with van der Waals surface area (Å²) in [4.78, 5) is 11.1. The van der Waals surface area contributed by atoms with E-state index in [0.29, 0.717) is 0 Å². The fraction of sp³-hybridized carbons (Fsp3) is 0.900. The first kappa shape index (κ1) is 9.77. The van der Waals surface area contributed by atoms with E-state index in [-0.39, 0.29) is 11.6 Å². The van der Waals surface area contributed by atoms with Gasteiger partial charge in [-0.1, -0.05) is 19.3 Å². The van der Waals surface area contributed by atoms with Gasteiger partial charge in [0.05, 0.1) is 0 Å². The van der Waals surface area contributed by atoms with Crippen LogP contribution in [0.5, 0.6) is 0 Å². The van der Waals surface area contributed by atoms with E-state index in [2.05, 4.69) is 5.43 Å². The fourth-order valence-corrected chi connectivity index (χ4v) is 2.73. The number of hydrogen-bond donors (Lipinski definition) is 2. The molecule has 1 saturated heterocycles. The third kappa shape index (κ3) is 1.85. The smallest absolute Gasteiger partial charge is 0.329 e. The van der Waals surface area contributed by atoms with Crippen molar-refractivity contribution >= 4 is 6.03 Å². The zero-order valence-electron chi connectivity index (χ0n) is 8.59. The van der Waals surface area contributed by atoms with Gasteiger partial charge in [-0.15, -0.1) is 0 Å². The molecule has 3 N–H and O–H groups in total. The third-order valence-electron chi connectivity index (χ3n) is 3.49. The Balaban J connectivity index is 2.01. The minimum atomic E-state index is -0.338. The number of carbonyl (C=O) groups is 1. The second kappa shape index (κ2) is 3.77. The summed E-state index contributed by atoms with van der Waals surface area (Å²) in [5.74, 6) is 0. The number of urea groups is 1. The van der Waals surface area contributed by atoms with Crippen LogP contribution in [0, 0.1) is 0 Å². The molecule has 0 aromatic heterocycles. The van der Waals surface area contributed by atoms with Gasteiger partial charge < -0.3 is 5.73 Å². The Morgan fingerprint density at radius 1 is 1.14 bits per heavy atom. The number of nitrogens with zero attached hydrogens (tertiary/aromatic N) is 1. The second-order valence-corrected chi connectivity index (χ2v) is 4.55. The molecule has 1 aliphatic carbocycles. The van der Waals surface area contributed by atoms with Gasteiger partial charge in [0, 0.05) is 12.1 Å². The van der Waals surface area contributed by atoms with Gasteiger partial charge in [-0.3, -0.25) is 5.01 Å². The summed E-state index contributed by atoms with van der Waals surface area (Å²) in [7, 11) is 0. The molecule has 2 aliphatic rings. The molecule has 1 aliphatic heterocycles. The van der Waals surface area contributed by atoms with Crippen molar-refractivity contribution < 1.29 is 4.79 Å². The van der Waals surface area contributed by atoms with Gasteiger partial charge in [-0.05, 0) is 25.7 Å². The maximum atomic E-state index is 11.1. The lowest BCUT2D eigenvalue weighted by Crippen LogP contribution is -2.61. The summed E-state index contributed by atoms with van der Waals surface area (Å²) in [5, 5.41) is 1.59. The summed E-state index contributed by atoms with van der Waals surface area (Å²) in [6, 6.07) is -0.338. The standard InChI is InChI=1S/C10H19N3O/c11-9(14)13-8-4-7-10(12-13)5-2-1-3-6-10/h12H,1-8H2,(H2,11,14). The Bertz CT molecular complexity index is 218. The van der Waals surface area contributed by atoms with Crippen LogP contribution < -0.4 is 11.2 Å². The minimum absolute atomic E-state index is 0.186. The van der Waals surface area contributed by atoms with E-state index in [0.717, 1.165) is 13.0 Å². The van der Waals surface area contributed by atoms with Crippen molar-refractivity contribution in [1.82, 2.24) is 10.4 Å². The Labute approximate surface area is 84.8 Å². The van der Waals surface area contributed by atoms with Crippen molar-refractivity contribution in [1.29, 1.82) is 0 Å². The Kier molecular flexibility index (Phi) is 2.63. The van der Waals surface area contributed by atoms with Crippen LogP contribution in [0.15, 0.2) is 0 Å². The van der Waals surface area contributed by atoms with Crippen molar-refractivity contribution in [2.24, 2.45) is 5.73 Å². The zero-order chi connectivity index (χ0) is 10.0. The molecule has 2 fully saturated rings. The molecule has 0 aromatic rings. The molecule has 2 rings (SSSR count). The summed E-state index contributed by atoms with van der Waals surface area (Å²) < 4.78 is 0. The van der Waals surface area contributed by atoms with Crippen LogP contribution in [0.1, 0.15) is 44.9 Å². The molecular formula is C10H19N3O. The van der Waals surface area contributed by atoms with Crippen LogP contribution in [-0.4, -0.2) is 23.1 Å². The highest BCUT2D eigenvalue weighted by Gasteiger charge is 2.36. The first-order valence-corrected chi connectivity index (χ1v) is 5.57. The van der Waals surface area contributed by atoms with E-state index in [1.165, 1.54) is 38.5 Å². The molecule has 0 aromatic carbocycles. The van der Waals surface area contributed by atoms with E-state index in [1.54, 1.807) is 5.01 Å². The van der Waals surface area contributed by atoms with Crippen LogP contribution in [0.4, 0.5) is 4.79 Å². The highest BCUT2D eigenvalue weighted by atomic mass is 16.2. The summed E-state index contributed by atoms with van der Waals surface area (Å²) in [6.07, 6.45) is 8.54. The molecule has 1 heterocycles. The normalized spacial score (nSPS) is 26.4. The van der Waals surface area contributed by atoms with Gasteiger partial charge in [-0.2, -0.15) is 0 Å².